The SMILES string of the molecule is [C-]1=CC=N1. The van der Waals surface area contributed by atoms with Crippen molar-refractivity contribution in [3.05, 3.63) is 12.3 Å². The molecule has 1 aliphatic heterocycles. The van der Waals surface area contributed by atoms with Crippen molar-refractivity contribution in [3.63, 3.8) is 0 Å². The molecule has 0 unspecified atom stereocenters. The number of allylic oxidation sites excluding steroid dienone is 1. The molecule has 1 nitrogen and oxygen atoms in total. The molecule has 0 atom stereocenters. The van der Waals surface area contributed by atoms with Gasteiger partial charge in [-0.25, -0.2) is 0 Å². The fourth-order valence-corrected chi connectivity index (χ4v) is 0.0745. The van der Waals surface area contributed by atoms with Crippen molar-refractivity contribution >= 4 is 6.21 Å². The summed E-state index contributed by atoms with van der Waals surface area (Å²) in [6.07, 6.45) is 6.01. The molecule has 0 spiro atoms. The third-order valence-corrected chi connectivity index (χ3v) is 0.298. The number of nitrogens with zero attached hydrogens (tertiary/aromatic N) is 1. The molecule has 1 heteroatoms. The van der Waals surface area contributed by atoms with Gasteiger partial charge in [0.2, 0.25) is 0 Å². The quantitative estimate of drug-likeness (QED) is 0.353. The van der Waals surface area contributed by atoms with Crippen molar-refractivity contribution < 1.29 is 0 Å². The monoisotopic (exact) mass is 52.0 g/mol. The standard InChI is InChI=1S/C3H2N/c1-2-4-3-1/h1-2H/q-1. The van der Waals surface area contributed by atoms with Crippen LogP contribution in [0, 0.1) is 6.20 Å². The Balaban J connectivity index is 2.67. The minimum atomic E-state index is 1.69. The maximum Gasteiger partial charge on any atom is -0.0798 e. The maximum absolute atomic E-state index is 3.49. The van der Waals surface area contributed by atoms with Gasteiger partial charge in [0.15, 0.2) is 0 Å². The zero-order valence-electron chi connectivity index (χ0n) is 2.10. The van der Waals surface area contributed by atoms with Crippen molar-refractivity contribution in [3.8, 4) is 0 Å². The number of hydrogen-bond donors (Lipinski definition) is 0. The summed E-state index contributed by atoms with van der Waals surface area (Å²) in [7, 11) is 0. The molecule has 4 heavy (non-hydrogen) atoms. The first-order valence-electron chi connectivity index (χ1n) is 1.10. The van der Waals surface area contributed by atoms with E-state index in [2.05, 4.69) is 11.2 Å². The Morgan fingerprint density at radius 1 is 1.75 bits per heavy atom. The Labute approximate surface area is 24.7 Å². The topological polar surface area (TPSA) is 12.4 Å². The van der Waals surface area contributed by atoms with Gasteiger partial charge in [0.05, 0.1) is 0 Å². The van der Waals surface area contributed by atoms with E-state index in [0.717, 1.165) is 0 Å². The zero-order chi connectivity index (χ0) is 2.83. The number of rotatable bonds is 0. The molecule has 1 heterocycles. The highest BCUT2D eigenvalue weighted by Crippen LogP contribution is 1.76. The molecule has 0 aromatic rings. The summed E-state index contributed by atoms with van der Waals surface area (Å²) in [5.41, 5.74) is 0. The lowest BCUT2D eigenvalue weighted by atomic mass is 10.6. The van der Waals surface area contributed by atoms with Crippen molar-refractivity contribution in [2.75, 3.05) is 0 Å². The highest BCUT2D eigenvalue weighted by Gasteiger charge is 1.54. The molecule has 0 N–H and O–H groups in total. The van der Waals surface area contributed by atoms with E-state index in [1.807, 2.05) is 0 Å². The van der Waals surface area contributed by atoms with Gasteiger partial charge in [-0.3, -0.25) is 0 Å². The van der Waals surface area contributed by atoms with Crippen LogP contribution in [0.15, 0.2) is 11.1 Å². The summed E-state index contributed by atoms with van der Waals surface area (Å²) >= 11 is 0. The first-order valence-corrected chi connectivity index (χ1v) is 1.10. The maximum atomic E-state index is 3.49. The Morgan fingerprint density at radius 2 is 2.00 bits per heavy atom. The van der Waals surface area contributed by atoms with E-state index in [4.69, 9.17) is 0 Å². The second-order valence-electron chi connectivity index (χ2n) is 0.574. The molecule has 20 valence electrons. The van der Waals surface area contributed by atoms with Gasteiger partial charge >= 0.3 is 0 Å². The lowest BCUT2D eigenvalue weighted by Crippen LogP contribution is -1.69. The largest absolute Gasteiger partial charge is 0.394 e. The van der Waals surface area contributed by atoms with Crippen LogP contribution in [0.2, 0.25) is 0 Å². The Kier molecular flexibility index (Phi) is 0.175. The summed E-state index contributed by atoms with van der Waals surface area (Å²) in [6, 6.07) is 0. The van der Waals surface area contributed by atoms with Crippen LogP contribution in [0.5, 0.6) is 0 Å². The normalized spacial score (nSPS) is 16.0. The minimum absolute atomic E-state index is 1.69. The second kappa shape index (κ2) is 0.412. The molecule has 0 aromatic heterocycles. The Bertz CT molecular complexity index is 43.7. The van der Waals surface area contributed by atoms with Crippen LogP contribution < -0.4 is 0 Å². The van der Waals surface area contributed by atoms with Crippen LogP contribution >= 0.6 is 0 Å². The molecular formula is C3H2N-. The van der Waals surface area contributed by atoms with E-state index in [0.29, 0.717) is 0 Å². The van der Waals surface area contributed by atoms with Crippen LogP contribution in [0.25, 0.3) is 0 Å². The molecule has 1 aliphatic rings. The van der Waals surface area contributed by atoms with Gasteiger partial charge in [0.1, 0.15) is 0 Å². The summed E-state index contributed by atoms with van der Waals surface area (Å²) in [6.45, 7) is 0. The van der Waals surface area contributed by atoms with E-state index in [9.17, 15) is 0 Å². The van der Waals surface area contributed by atoms with Crippen LogP contribution in [-0.4, -0.2) is 6.21 Å². The van der Waals surface area contributed by atoms with Crippen LogP contribution in [0.1, 0.15) is 0 Å². The van der Waals surface area contributed by atoms with Crippen molar-refractivity contribution in [2.24, 2.45) is 4.99 Å². The molecule has 1 rings (SSSR count). The van der Waals surface area contributed by atoms with E-state index in [-0.39, 0.29) is 0 Å². The first-order chi connectivity index (χ1) is 2.00. The van der Waals surface area contributed by atoms with E-state index in [1.54, 1.807) is 12.3 Å². The van der Waals surface area contributed by atoms with Crippen molar-refractivity contribution in [1.82, 2.24) is 0 Å². The smallest absolute Gasteiger partial charge is 0.0798 e. The molecule has 0 amide bonds. The van der Waals surface area contributed by atoms with E-state index < -0.39 is 0 Å². The highest BCUT2D eigenvalue weighted by molar-refractivity contribution is 5.75. The molecule has 0 saturated carbocycles. The molecule has 0 saturated heterocycles. The Hall–Kier alpha value is -0.590. The van der Waals surface area contributed by atoms with Crippen molar-refractivity contribution in [2.45, 2.75) is 0 Å². The highest BCUT2D eigenvalue weighted by atomic mass is 14.7. The molecular weight excluding hydrogens is 50.0 g/mol. The fraction of sp³-hybridized carbons (Fsp3) is 0. The van der Waals surface area contributed by atoms with Gasteiger partial charge < -0.3 is 4.99 Å². The molecule has 0 fully saturated rings. The van der Waals surface area contributed by atoms with Gasteiger partial charge in [-0.1, -0.05) is 12.4 Å². The average Bonchev–Trinajstić information content (AvgIpc) is 0.722. The number of hydrogen-bond acceptors (Lipinski definition) is 1. The van der Waals surface area contributed by atoms with E-state index >= 15 is 0 Å². The second-order valence-corrected chi connectivity index (χ2v) is 0.574. The molecule has 0 radical (unpaired) electrons. The van der Waals surface area contributed by atoms with Crippen LogP contribution in [0.4, 0.5) is 0 Å². The molecule has 0 aliphatic carbocycles. The zero-order valence-corrected chi connectivity index (χ0v) is 2.10. The van der Waals surface area contributed by atoms with Gasteiger partial charge in [-0.05, 0) is 0 Å². The lowest BCUT2D eigenvalue weighted by molar-refractivity contribution is 1.48. The number of aliphatic imine (C=N–C) groups is 1. The molecule has 0 aromatic carbocycles. The Morgan fingerprint density at radius 3 is 2.00 bits per heavy atom. The van der Waals surface area contributed by atoms with Gasteiger partial charge in [-0.15, -0.1) is 6.08 Å². The summed E-state index contributed by atoms with van der Waals surface area (Å²) in [4.78, 5) is 3.49. The summed E-state index contributed by atoms with van der Waals surface area (Å²) < 4.78 is 0. The predicted molar refractivity (Wildman–Crippen MR) is 16.3 cm³/mol. The minimum Gasteiger partial charge on any atom is -0.394 e. The third kappa shape index (κ3) is 0.0204. The van der Waals surface area contributed by atoms with Crippen LogP contribution in [-0.2, 0) is 0 Å². The van der Waals surface area contributed by atoms with Crippen molar-refractivity contribution in [1.29, 1.82) is 0 Å². The third-order valence-electron chi connectivity index (χ3n) is 0.298. The van der Waals surface area contributed by atoms with E-state index in [1.165, 1.54) is 0 Å². The predicted octanol–water partition coefficient (Wildman–Crippen LogP) is 0.388. The lowest BCUT2D eigenvalue weighted by Gasteiger charge is -1.89. The van der Waals surface area contributed by atoms with Gasteiger partial charge in [0, 0.05) is 0 Å². The summed E-state index contributed by atoms with van der Waals surface area (Å²) in [5.74, 6) is 0. The van der Waals surface area contributed by atoms with Crippen LogP contribution in [0.3, 0.4) is 0 Å². The molecule has 0 bridgehead atoms. The van der Waals surface area contributed by atoms with Gasteiger partial charge in [0.25, 0.3) is 0 Å². The first kappa shape index (κ1) is 1.70. The summed E-state index contributed by atoms with van der Waals surface area (Å²) in [5, 5.41) is 0. The van der Waals surface area contributed by atoms with Gasteiger partial charge in [-0.2, -0.15) is 0 Å². The average molecular weight is 52.1 g/mol. The fourth-order valence-electron chi connectivity index (χ4n) is 0.0745.